The molecule has 4 nitrogen and oxygen atoms in total. The Morgan fingerprint density at radius 3 is 2.60 bits per heavy atom. The van der Waals surface area contributed by atoms with Gasteiger partial charge in [-0.1, -0.05) is 0 Å². The van der Waals surface area contributed by atoms with Crippen LogP contribution in [0.5, 0.6) is 11.5 Å². The summed E-state index contributed by atoms with van der Waals surface area (Å²) >= 11 is 3.87. The monoisotopic (exact) mass is 230 g/mol. The molecule has 2 atom stereocenters. The number of aromatic hydroxyl groups is 1. The summed E-state index contributed by atoms with van der Waals surface area (Å²) in [4.78, 5) is 0. The summed E-state index contributed by atoms with van der Waals surface area (Å²) < 4.78 is 4.95. The van der Waals surface area contributed by atoms with Gasteiger partial charge in [-0.2, -0.15) is 12.6 Å². The molecule has 0 aliphatic heterocycles. The zero-order chi connectivity index (χ0) is 11.4. The van der Waals surface area contributed by atoms with Gasteiger partial charge in [0.05, 0.1) is 13.2 Å². The van der Waals surface area contributed by atoms with Gasteiger partial charge in [0.1, 0.15) is 17.6 Å². The largest absolute Gasteiger partial charge is 0.508 e. The summed E-state index contributed by atoms with van der Waals surface area (Å²) in [7, 11) is 1.48. The Morgan fingerprint density at radius 2 is 2.07 bits per heavy atom. The Bertz CT molecular complexity index is 329. The van der Waals surface area contributed by atoms with Crippen LogP contribution in [0.2, 0.25) is 0 Å². The van der Waals surface area contributed by atoms with E-state index in [1.54, 1.807) is 6.07 Å². The van der Waals surface area contributed by atoms with Gasteiger partial charge >= 0.3 is 0 Å². The van der Waals surface area contributed by atoms with Crippen molar-refractivity contribution in [2.24, 2.45) is 0 Å². The summed E-state index contributed by atoms with van der Waals surface area (Å²) in [5, 5.41) is 28.6. The van der Waals surface area contributed by atoms with Gasteiger partial charge in [0.25, 0.3) is 0 Å². The number of aliphatic hydroxyl groups is 2. The standard InChI is InChI=1S/C10H14O4S/c1-14-6-2-3-8(11)7(4-6)10(13)9(12)5-15/h2-4,9-13,15H,5H2,1H3. The fraction of sp³-hybridized carbons (Fsp3) is 0.400. The molecule has 3 N–H and O–H groups in total. The number of hydrogen-bond donors (Lipinski definition) is 4. The molecule has 5 heteroatoms. The minimum Gasteiger partial charge on any atom is -0.508 e. The van der Waals surface area contributed by atoms with Crippen LogP contribution < -0.4 is 4.74 Å². The molecule has 84 valence electrons. The molecule has 0 saturated heterocycles. The van der Waals surface area contributed by atoms with E-state index in [-0.39, 0.29) is 17.1 Å². The third kappa shape index (κ3) is 2.77. The first kappa shape index (κ1) is 12.2. The van der Waals surface area contributed by atoms with E-state index in [0.29, 0.717) is 5.75 Å². The van der Waals surface area contributed by atoms with Crippen LogP contribution in [0.1, 0.15) is 11.7 Å². The molecule has 1 aromatic rings. The van der Waals surface area contributed by atoms with E-state index < -0.39 is 12.2 Å². The van der Waals surface area contributed by atoms with E-state index in [9.17, 15) is 15.3 Å². The fourth-order valence-electron chi connectivity index (χ4n) is 1.20. The fourth-order valence-corrected chi connectivity index (χ4v) is 1.40. The number of ether oxygens (including phenoxy) is 1. The summed E-state index contributed by atoms with van der Waals surface area (Å²) in [6.45, 7) is 0. The van der Waals surface area contributed by atoms with Crippen molar-refractivity contribution in [3.63, 3.8) is 0 Å². The highest BCUT2D eigenvalue weighted by Crippen LogP contribution is 2.30. The van der Waals surface area contributed by atoms with Gasteiger partial charge in [0, 0.05) is 11.3 Å². The highest BCUT2D eigenvalue weighted by atomic mass is 32.1. The second kappa shape index (κ2) is 5.25. The van der Waals surface area contributed by atoms with E-state index in [2.05, 4.69) is 12.6 Å². The van der Waals surface area contributed by atoms with E-state index in [4.69, 9.17) is 4.74 Å². The summed E-state index contributed by atoms with van der Waals surface area (Å²) in [6, 6.07) is 4.45. The summed E-state index contributed by atoms with van der Waals surface area (Å²) in [6.07, 6.45) is -2.19. The van der Waals surface area contributed by atoms with Crippen molar-refractivity contribution in [1.29, 1.82) is 0 Å². The first-order chi connectivity index (χ1) is 7.10. The minimum atomic E-state index is -1.17. The van der Waals surface area contributed by atoms with Crippen molar-refractivity contribution in [2.45, 2.75) is 12.2 Å². The second-order valence-corrected chi connectivity index (χ2v) is 3.48. The van der Waals surface area contributed by atoms with E-state index >= 15 is 0 Å². The van der Waals surface area contributed by atoms with Crippen LogP contribution in [0, 0.1) is 0 Å². The molecule has 15 heavy (non-hydrogen) atoms. The average Bonchev–Trinajstić information content (AvgIpc) is 2.27. The van der Waals surface area contributed by atoms with Gasteiger partial charge in [-0.05, 0) is 18.2 Å². The summed E-state index contributed by atoms with van der Waals surface area (Å²) in [5.41, 5.74) is 0.232. The first-order valence-corrected chi connectivity index (χ1v) is 5.07. The second-order valence-electron chi connectivity index (χ2n) is 3.12. The van der Waals surface area contributed by atoms with Gasteiger partial charge in [0.15, 0.2) is 0 Å². The number of phenolic OH excluding ortho intramolecular Hbond substituents is 1. The zero-order valence-electron chi connectivity index (χ0n) is 8.29. The highest BCUT2D eigenvalue weighted by molar-refractivity contribution is 7.80. The molecule has 0 bridgehead atoms. The van der Waals surface area contributed by atoms with Crippen LogP contribution in [-0.2, 0) is 0 Å². The maximum Gasteiger partial charge on any atom is 0.121 e. The molecule has 0 aliphatic rings. The number of hydrogen-bond acceptors (Lipinski definition) is 5. The van der Waals surface area contributed by atoms with Crippen LogP contribution in [-0.4, -0.2) is 34.3 Å². The van der Waals surface area contributed by atoms with Gasteiger partial charge in [0.2, 0.25) is 0 Å². The topological polar surface area (TPSA) is 69.9 Å². The van der Waals surface area contributed by atoms with Gasteiger partial charge < -0.3 is 20.1 Å². The van der Waals surface area contributed by atoms with Crippen molar-refractivity contribution in [2.75, 3.05) is 12.9 Å². The average molecular weight is 230 g/mol. The number of aliphatic hydroxyl groups excluding tert-OH is 2. The normalized spacial score (nSPS) is 14.7. The van der Waals surface area contributed by atoms with Crippen LogP contribution >= 0.6 is 12.6 Å². The van der Waals surface area contributed by atoms with Crippen LogP contribution in [0.3, 0.4) is 0 Å². The number of phenols is 1. The Morgan fingerprint density at radius 1 is 1.40 bits per heavy atom. The van der Waals surface area contributed by atoms with Crippen molar-refractivity contribution in [1.82, 2.24) is 0 Å². The number of methoxy groups -OCH3 is 1. The van der Waals surface area contributed by atoms with Gasteiger partial charge in [-0.25, -0.2) is 0 Å². The third-order valence-corrected chi connectivity index (χ3v) is 2.48. The third-order valence-electron chi connectivity index (χ3n) is 2.10. The van der Waals surface area contributed by atoms with Crippen molar-refractivity contribution in [3.8, 4) is 11.5 Å². The molecule has 0 aromatic heterocycles. The van der Waals surface area contributed by atoms with Crippen LogP contribution in [0.15, 0.2) is 18.2 Å². The molecular weight excluding hydrogens is 216 g/mol. The van der Waals surface area contributed by atoms with Crippen molar-refractivity contribution < 1.29 is 20.1 Å². The number of thiol groups is 1. The minimum absolute atomic E-state index is 0.0795. The predicted molar refractivity (Wildman–Crippen MR) is 59.5 cm³/mol. The lowest BCUT2D eigenvalue weighted by Gasteiger charge is -2.17. The Labute approximate surface area is 93.5 Å². The summed E-state index contributed by atoms with van der Waals surface area (Å²) in [5.74, 6) is 0.537. The lowest BCUT2D eigenvalue weighted by atomic mass is 10.0. The lowest BCUT2D eigenvalue weighted by Crippen LogP contribution is -2.19. The molecule has 0 spiro atoms. The predicted octanol–water partition coefficient (Wildman–Crippen LogP) is 0.725. The molecule has 0 radical (unpaired) electrons. The molecule has 0 aliphatic carbocycles. The van der Waals surface area contributed by atoms with Gasteiger partial charge in [-0.15, -0.1) is 0 Å². The molecule has 0 heterocycles. The molecule has 1 aromatic carbocycles. The van der Waals surface area contributed by atoms with Gasteiger partial charge in [-0.3, -0.25) is 0 Å². The lowest BCUT2D eigenvalue weighted by molar-refractivity contribution is 0.0321. The maximum atomic E-state index is 9.68. The Kier molecular flexibility index (Phi) is 4.26. The van der Waals surface area contributed by atoms with Crippen LogP contribution in [0.4, 0.5) is 0 Å². The van der Waals surface area contributed by atoms with E-state index in [1.807, 2.05) is 0 Å². The Hall–Kier alpha value is -0.910. The molecule has 0 amide bonds. The Balaban J connectivity index is 3.01. The molecule has 2 unspecified atom stereocenters. The van der Waals surface area contributed by atoms with E-state index in [0.717, 1.165) is 0 Å². The van der Waals surface area contributed by atoms with Crippen molar-refractivity contribution >= 4 is 12.6 Å². The highest BCUT2D eigenvalue weighted by Gasteiger charge is 2.20. The maximum absolute atomic E-state index is 9.68. The number of rotatable bonds is 4. The molecule has 1 rings (SSSR count). The number of benzene rings is 1. The first-order valence-electron chi connectivity index (χ1n) is 4.44. The smallest absolute Gasteiger partial charge is 0.121 e. The van der Waals surface area contributed by atoms with Crippen molar-refractivity contribution in [3.05, 3.63) is 23.8 Å². The SMILES string of the molecule is COc1ccc(O)c(C(O)C(O)CS)c1. The van der Waals surface area contributed by atoms with E-state index in [1.165, 1.54) is 19.2 Å². The quantitative estimate of drug-likeness (QED) is 0.575. The molecule has 0 saturated carbocycles. The van der Waals surface area contributed by atoms with Crippen LogP contribution in [0.25, 0.3) is 0 Å². The molecular formula is C10H14O4S. The molecule has 0 fully saturated rings. The zero-order valence-corrected chi connectivity index (χ0v) is 9.19.